The maximum absolute atomic E-state index is 12.9. The summed E-state index contributed by atoms with van der Waals surface area (Å²) in [5, 5.41) is 12.6. The lowest BCUT2D eigenvalue weighted by atomic mass is 9.81. The molecule has 33 heavy (non-hydrogen) atoms. The summed E-state index contributed by atoms with van der Waals surface area (Å²) >= 11 is 6.32. The Hall–Kier alpha value is -3.13. The van der Waals surface area contributed by atoms with E-state index >= 15 is 0 Å². The number of rotatable bonds is 4. The number of carbonyl (C=O) groups is 2. The van der Waals surface area contributed by atoms with Crippen molar-refractivity contribution >= 4 is 46.2 Å². The van der Waals surface area contributed by atoms with Crippen molar-refractivity contribution in [1.29, 1.82) is 0 Å². The highest BCUT2D eigenvalue weighted by atomic mass is 35.5. The molecule has 0 bridgehead atoms. The zero-order valence-electron chi connectivity index (χ0n) is 18.2. The number of hydrogen-bond acceptors (Lipinski definition) is 6. The average Bonchev–Trinajstić information content (AvgIpc) is 3.09. The molecule has 2 aromatic rings. The van der Waals surface area contributed by atoms with Gasteiger partial charge in [-0.1, -0.05) is 36.6 Å². The van der Waals surface area contributed by atoms with E-state index in [0.29, 0.717) is 55.4 Å². The maximum atomic E-state index is 12.9. The van der Waals surface area contributed by atoms with Crippen LogP contribution in [0.25, 0.3) is 0 Å². The van der Waals surface area contributed by atoms with Gasteiger partial charge in [0.2, 0.25) is 11.8 Å². The molecule has 3 aliphatic rings. The van der Waals surface area contributed by atoms with E-state index in [1.54, 1.807) is 12.1 Å². The molecule has 2 heterocycles. The van der Waals surface area contributed by atoms with Crippen LogP contribution in [0.2, 0.25) is 5.02 Å². The molecule has 0 N–H and O–H groups in total. The van der Waals surface area contributed by atoms with E-state index in [1.165, 1.54) is 11.0 Å². The molecule has 5 rings (SSSR count). The number of anilines is 3. The summed E-state index contributed by atoms with van der Waals surface area (Å²) < 4.78 is 0. The molecular weight excluding hydrogens is 444 g/mol. The lowest BCUT2D eigenvalue weighted by molar-refractivity contribution is -0.384. The van der Waals surface area contributed by atoms with Crippen molar-refractivity contribution in [1.82, 2.24) is 0 Å². The summed E-state index contributed by atoms with van der Waals surface area (Å²) in [6.07, 6.45) is 3.30. The number of benzene rings is 2. The van der Waals surface area contributed by atoms with E-state index in [1.807, 2.05) is 29.2 Å². The van der Waals surface area contributed by atoms with Crippen molar-refractivity contribution in [2.75, 3.05) is 40.9 Å². The lowest BCUT2D eigenvalue weighted by Crippen LogP contribution is -2.46. The highest BCUT2D eigenvalue weighted by molar-refractivity contribution is 6.33. The van der Waals surface area contributed by atoms with Crippen LogP contribution >= 0.6 is 11.6 Å². The Morgan fingerprint density at radius 2 is 1.42 bits per heavy atom. The van der Waals surface area contributed by atoms with E-state index in [0.717, 1.165) is 18.5 Å². The van der Waals surface area contributed by atoms with Crippen molar-refractivity contribution in [3.63, 3.8) is 0 Å². The second-order valence-corrected chi connectivity index (χ2v) is 9.27. The molecule has 172 valence electrons. The van der Waals surface area contributed by atoms with Gasteiger partial charge in [0.15, 0.2) is 0 Å². The number of nitrogens with zero attached hydrogens (tertiary/aromatic N) is 4. The van der Waals surface area contributed by atoms with E-state index in [9.17, 15) is 19.7 Å². The molecule has 2 amide bonds. The van der Waals surface area contributed by atoms with Crippen LogP contribution in [0.5, 0.6) is 0 Å². The normalized spacial score (nSPS) is 23.1. The molecule has 0 radical (unpaired) electrons. The largest absolute Gasteiger partial charge is 0.367 e. The van der Waals surface area contributed by atoms with Gasteiger partial charge in [-0.2, -0.15) is 0 Å². The molecule has 0 spiro atoms. The van der Waals surface area contributed by atoms with Crippen molar-refractivity contribution in [2.45, 2.75) is 25.7 Å². The third-order valence-corrected chi connectivity index (χ3v) is 7.39. The van der Waals surface area contributed by atoms with Gasteiger partial charge in [-0.05, 0) is 37.1 Å². The van der Waals surface area contributed by atoms with Gasteiger partial charge < -0.3 is 9.80 Å². The van der Waals surface area contributed by atoms with Gasteiger partial charge in [0.05, 0.1) is 33.2 Å². The van der Waals surface area contributed by atoms with Gasteiger partial charge in [-0.3, -0.25) is 19.7 Å². The summed E-state index contributed by atoms with van der Waals surface area (Å²) in [5.74, 6) is -1.02. The third-order valence-electron chi connectivity index (χ3n) is 7.07. The Morgan fingerprint density at radius 3 is 2.00 bits per heavy atom. The summed E-state index contributed by atoms with van der Waals surface area (Å²) in [6.45, 7) is 2.54. The summed E-state index contributed by atoms with van der Waals surface area (Å²) in [6, 6.07) is 12.4. The molecule has 2 atom stereocenters. The fourth-order valence-corrected chi connectivity index (χ4v) is 5.63. The monoisotopic (exact) mass is 468 g/mol. The first-order valence-electron chi connectivity index (χ1n) is 11.4. The first-order valence-corrected chi connectivity index (χ1v) is 11.7. The molecule has 3 fully saturated rings. The number of amides is 2. The average molecular weight is 469 g/mol. The van der Waals surface area contributed by atoms with Gasteiger partial charge in [0, 0.05) is 32.2 Å². The molecule has 0 unspecified atom stereocenters. The minimum Gasteiger partial charge on any atom is -0.367 e. The number of halogens is 1. The number of piperazine rings is 1. The Labute approximate surface area is 196 Å². The smallest absolute Gasteiger partial charge is 0.294 e. The van der Waals surface area contributed by atoms with Crippen molar-refractivity contribution in [2.24, 2.45) is 11.8 Å². The van der Waals surface area contributed by atoms with E-state index in [4.69, 9.17) is 11.6 Å². The van der Waals surface area contributed by atoms with Crippen LogP contribution in [-0.4, -0.2) is 42.9 Å². The number of nitro benzene ring substituents is 1. The number of imide groups is 1. The molecule has 2 saturated heterocycles. The summed E-state index contributed by atoms with van der Waals surface area (Å²) in [5.41, 5.74) is 1.66. The van der Waals surface area contributed by atoms with E-state index in [2.05, 4.69) is 4.90 Å². The molecule has 8 nitrogen and oxygen atoms in total. The van der Waals surface area contributed by atoms with E-state index in [-0.39, 0.29) is 29.3 Å². The fraction of sp³-hybridized carbons (Fsp3) is 0.417. The Bertz CT molecular complexity index is 1090. The van der Waals surface area contributed by atoms with Crippen LogP contribution in [0.15, 0.2) is 42.5 Å². The predicted molar refractivity (Wildman–Crippen MR) is 127 cm³/mol. The lowest BCUT2D eigenvalue weighted by Gasteiger charge is -2.37. The highest BCUT2D eigenvalue weighted by Gasteiger charge is 2.49. The second kappa shape index (κ2) is 8.67. The molecule has 0 aromatic heterocycles. The van der Waals surface area contributed by atoms with Crippen LogP contribution in [-0.2, 0) is 9.59 Å². The number of nitro groups is 1. The van der Waals surface area contributed by atoms with Crippen LogP contribution in [0.4, 0.5) is 22.7 Å². The zero-order chi connectivity index (χ0) is 23.1. The van der Waals surface area contributed by atoms with Gasteiger partial charge >= 0.3 is 0 Å². The number of fused-ring (bicyclic) bond motifs is 1. The second-order valence-electron chi connectivity index (χ2n) is 8.86. The molecular formula is C24H25ClN4O4. The van der Waals surface area contributed by atoms with Gasteiger partial charge in [-0.25, -0.2) is 4.90 Å². The van der Waals surface area contributed by atoms with Gasteiger partial charge in [0.1, 0.15) is 5.69 Å². The molecule has 2 aromatic carbocycles. The highest BCUT2D eigenvalue weighted by Crippen LogP contribution is 2.42. The first-order chi connectivity index (χ1) is 16.0. The minimum absolute atomic E-state index is 0.0887. The van der Waals surface area contributed by atoms with Crippen LogP contribution in [0, 0.1) is 22.0 Å². The number of para-hydroxylation sites is 1. The first kappa shape index (κ1) is 21.7. The molecule has 1 aliphatic carbocycles. The van der Waals surface area contributed by atoms with E-state index < -0.39 is 4.92 Å². The van der Waals surface area contributed by atoms with Crippen molar-refractivity contribution in [3.05, 3.63) is 57.6 Å². The Morgan fingerprint density at radius 1 is 0.848 bits per heavy atom. The molecule has 9 heteroatoms. The fourth-order valence-electron chi connectivity index (χ4n) is 5.38. The maximum Gasteiger partial charge on any atom is 0.294 e. The van der Waals surface area contributed by atoms with Gasteiger partial charge in [-0.15, -0.1) is 0 Å². The minimum atomic E-state index is -0.433. The topological polar surface area (TPSA) is 87.0 Å². The Kier molecular flexibility index (Phi) is 5.70. The summed E-state index contributed by atoms with van der Waals surface area (Å²) in [7, 11) is 0. The quantitative estimate of drug-likeness (QED) is 0.378. The van der Waals surface area contributed by atoms with Crippen LogP contribution in [0.3, 0.4) is 0 Å². The zero-order valence-corrected chi connectivity index (χ0v) is 18.9. The molecule has 2 aliphatic heterocycles. The molecule has 1 saturated carbocycles. The number of hydrogen-bond donors (Lipinski definition) is 0. The SMILES string of the molecule is O=C1[C@@H]2CCCC[C@H]2C(=O)N1c1ccc(N2CCN(c3ccccc3Cl)CC2)c([N+](=O)[O-])c1. The van der Waals surface area contributed by atoms with Gasteiger partial charge in [0.25, 0.3) is 5.69 Å². The Balaban J connectivity index is 1.38. The predicted octanol–water partition coefficient (Wildman–Crippen LogP) is 4.25. The van der Waals surface area contributed by atoms with Crippen LogP contribution < -0.4 is 14.7 Å². The van der Waals surface area contributed by atoms with Crippen molar-refractivity contribution in [3.8, 4) is 0 Å². The standard InChI is InChI=1S/C24H25ClN4O4/c25-19-7-3-4-8-20(19)26-11-13-27(14-12-26)21-10-9-16(15-22(21)29(32)33)28-23(30)17-5-1-2-6-18(17)24(28)31/h3-4,7-10,15,17-18H,1-2,5-6,11-14H2/t17-,18-/m1/s1. The van der Waals surface area contributed by atoms with Crippen molar-refractivity contribution < 1.29 is 14.5 Å². The number of carbonyl (C=O) groups excluding carboxylic acids is 2. The third kappa shape index (κ3) is 3.82. The summed E-state index contributed by atoms with van der Waals surface area (Å²) in [4.78, 5) is 42.7. The van der Waals surface area contributed by atoms with Crippen LogP contribution in [0.1, 0.15) is 25.7 Å².